The third-order valence-corrected chi connectivity index (χ3v) is 3.66. The van der Waals surface area contributed by atoms with E-state index in [0.29, 0.717) is 13.0 Å². The van der Waals surface area contributed by atoms with Crippen LogP contribution in [0.4, 0.5) is 0 Å². The fourth-order valence-corrected chi connectivity index (χ4v) is 2.13. The molecule has 0 aliphatic heterocycles. The number of methoxy groups -OCH3 is 1. The van der Waals surface area contributed by atoms with Crippen LogP contribution in [0, 0.1) is 5.41 Å². The van der Waals surface area contributed by atoms with Gasteiger partial charge in [0, 0.05) is 0 Å². The zero-order valence-electron chi connectivity index (χ0n) is 15.2. The van der Waals surface area contributed by atoms with Crippen molar-refractivity contribution in [3.8, 4) is 0 Å². The lowest BCUT2D eigenvalue weighted by Crippen LogP contribution is -2.23. The van der Waals surface area contributed by atoms with E-state index in [0.717, 1.165) is 44.9 Å². The molecule has 0 spiro atoms. The van der Waals surface area contributed by atoms with Crippen LogP contribution in [0.25, 0.3) is 0 Å². The molecule has 0 saturated heterocycles. The molecule has 0 amide bonds. The second-order valence-electron chi connectivity index (χ2n) is 7.08. The van der Waals surface area contributed by atoms with Gasteiger partial charge in [-0.05, 0) is 33.6 Å². The van der Waals surface area contributed by atoms with Crippen molar-refractivity contribution >= 4 is 11.9 Å². The Hall–Kier alpha value is -1.10. The summed E-state index contributed by atoms with van der Waals surface area (Å²) in [5, 5.41) is 9.61. The van der Waals surface area contributed by atoms with Gasteiger partial charge < -0.3 is 14.6 Å². The van der Waals surface area contributed by atoms with Crippen molar-refractivity contribution in [2.45, 2.75) is 84.7 Å². The summed E-state index contributed by atoms with van der Waals surface area (Å²) < 4.78 is 9.73. The maximum atomic E-state index is 11.5. The van der Waals surface area contributed by atoms with Gasteiger partial charge in [0.2, 0.25) is 0 Å². The summed E-state index contributed by atoms with van der Waals surface area (Å²) in [5.41, 5.74) is -0.418. The summed E-state index contributed by atoms with van der Waals surface area (Å²) in [6.07, 6.45) is 7.56. The molecule has 0 aliphatic carbocycles. The van der Waals surface area contributed by atoms with Crippen LogP contribution < -0.4 is 0 Å². The Bertz CT molecular complexity index is 333. The molecule has 5 heteroatoms. The molecule has 136 valence electrons. The highest BCUT2D eigenvalue weighted by atomic mass is 16.5. The first-order valence-corrected chi connectivity index (χ1v) is 8.69. The van der Waals surface area contributed by atoms with E-state index in [-0.39, 0.29) is 18.4 Å². The van der Waals surface area contributed by atoms with Crippen molar-refractivity contribution in [3.05, 3.63) is 0 Å². The highest BCUT2D eigenvalue weighted by Crippen LogP contribution is 2.16. The Morgan fingerprint density at radius 3 is 2.00 bits per heavy atom. The summed E-state index contributed by atoms with van der Waals surface area (Å²) in [5.74, 6) is -0.493. The van der Waals surface area contributed by atoms with E-state index < -0.39 is 11.5 Å². The van der Waals surface area contributed by atoms with Gasteiger partial charge in [0.05, 0.1) is 31.7 Å². The molecule has 0 fully saturated rings. The number of rotatable bonds is 12. The number of unbranched alkanes of at least 4 members (excludes halogenated alkanes) is 6. The summed E-state index contributed by atoms with van der Waals surface area (Å²) in [6, 6.07) is 0. The Morgan fingerprint density at radius 1 is 0.957 bits per heavy atom. The molecule has 0 saturated carbocycles. The van der Waals surface area contributed by atoms with E-state index in [1.165, 1.54) is 7.11 Å². The third-order valence-electron chi connectivity index (χ3n) is 3.66. The summed E-state index contributed by atoms with van der Waals surface area (Å²) in [6.45, 7) is 6.09. The lowest BCUT2D eigenvalue weighted by atomic mass is 9.97. The third kappa shape index (κ3) is 13.1. The van der Waals surface area contributed by atoms with Crippen LogP contribution in [0.3, 0.4) is 0 Å². The molecular formula is C18H34O5. The van der Waals surface area contributed by atoms with Gasteiger partial charge in [-0.15, -0.1) is 0 Å². The normalized spacial score (nSPS) is 12.7. The first kappa shape index (κ1) is 21.9. The van der Waals surface area contributed by atoms with E-state index >= 15 is 0 Å². The molecule has 1 atom stereocenters. The van der Waals surface area contributed by atoms with Crippen LogP contribution >= 0.6 is 0 Å². The number of aliphatic hydroxyl groups excluding tert-OH is 1. The average molecular weight is 330 g/mol. The topological polar surface area (TPSA) is 72.8 Å². The monoisotopic (exact) mass is 330 g/mol. The first-order valence-electron chi connectivity index (χ1n) is 8.69. The Balaban J connectivity index is 3.34. The standard InChI is InChI=1S/C18H34O5/c1-18(2,3)17(21)23-13-11-9-7-5-6-8-10-12-15(19)14-16(20)22-4/h15,19H,5-14H2,1-4H3/t15-/m1/s1. The summed E-state index contributed by atoms with van der Waals surface area (Å²) in [4.78, 5) is 22.5. The van der Waals surface area contributed by atoms with Crippen molar-refractivity contribution in [1.82, 2.24) is 0 Å². The molecule has 0 radical (unpaired) electrons. The summed E-state index contributed by atoms with van der Waals surface area (Å²) >= 11 is 0. The number of esters is 2. The predicted molar refractivity (Wildman–Crippen MR) is 90.0 cm³/mol. The van der Waals surface area contributed by atoms with Gasteiger partial charge in [-0.2, -0.15) is 0 Å². The maximum Gasteiger partial charge on any atom is 0.311 e. The Morgan fingerprint density at radius 2 is 1.48 bits per heavy atom. The zero-order valence-corrected chi connectivity index (χ0v) is 15.2. The van der Waals surface area contributed by atoms with Crippen LogP contribution in [-0.4, -0.2) is 36.9 Å². The van der Waals surface area contributed by atoms with Crippen molar-refractivity contribution in [1.29, 1.82) is 0 Å². The lowest BCUT2D eigenvalue weighted by molar-refractivity contribution is -0.153. The molecule has 0 aromatic heterocycles. The molecule has 0 unspecified atom stereocenters. The van der Waals surface area contributed by atoms with Crippen molar-refractivity contribution in [2.24, 2.45) is 5.41 Å². The van der Waals surface area contributed by atoms with Crippen molar-refractivity contribution < 1.29 is 24.2 Å². The molecule has 0 aromatic rings. The Labute approximate surface area is 140 Å². The second kappa shape index (κ2) is 12.3. The molecule has 0 aliphatic rings. The van der Waals surface area contributed by atoms with Crippen molar-refractivity contribution in [2.75, 3.05) is 13.7 Å². The van der Waals surface area contributed by atoms with Crippen LogP contribution in [0.15, 0.2) is 0 Å². The van der Waals surface area contributed by atoms with E-state index in [1.807, 2.05) is 20.8 Å². The Kier molecular flexibility index (Phi) is 11.7. The van der Waals surface area contributed by atoms with E-state index in [2.05, 4.69) is 4.74 Å². The molecule has 0 heterocycles. The SMILES string of the molecule is COC(=O)C[C@H](O)CCCCCCCCCOC(=O)C(C)(C)C. The quantitative estimate of drug-likeness (QED) is 0.437. The van der Waals surface area contributed by atoms with Gasteiger partial charge in [-0.25, -0.2) is 0 Å². The van der Waals surface area contributed by atoms with Crippen LogP contribution in [0.1, 0.15) is 78.6 Å². The minimum absolute atomic E-state index is 0.0871. The number of carbonyl (C=O) groups is 2. The van der Waals surface area contributed by atoms with E-state index in [4.69, 9.17) is 4.74 Å². The minimum atomic E-state index is -0.583. The fourth-order valence-electron chi connectivity index (χ4n) is 2.13. The summed E-state index contributed by atoms with van der Waals surface area (Å²) in [7, 11) is 1.33. The average Bonchev–Trinajstić information content (AvgIpc) is 2.47. The maximum absolute atomic E-state index is 11.5. The molecule has 0 aromatic carbocycles. The van der Waals surface area contributed by atoms with E-state index in [1.54, 1.807) is 0 Å². The molecule has 5 nitrogen and oxygen atoms in total. The lowest BCUT2D eigenvalue weighted by Gasteiger charge is -2.16. The molecular weight excluding hydrogens is 296 g/mol. The largest absolute Gasteiger partial charge is 0.469 e. The number of carbonyl (C=O) groups excluding carboxylic acids is 2. The number of hydrogen-bond acceptors (Lipinski definition) is 5. The van der Waals surface area contributed by atoms with Gasteiger partial charge in [0.15, 0.2) is 0 Å². The van der Waals surface area contributed by atoms with Crippen molar-refractivity contribution in [3.63, 3.8) is 0 Å². The van der Waals surface area contributed by atoms with Gasteiger partial charge in [0.1, 0.15) is 0 Å². The molecule has 0 rings (SSSR count). The van der Waals surface area contributed by atoms with E-state index in [9.17, 15) is 14.7 Å². The highest BCUT2D eigenvalue weighted by Gasteiger charge is 2.22. The zero-order chi connectivity index (χ0) is 17.7. The first-order chi connectivity index (χ1) is 10.8. The fraction of sp³-hybridized carbons (Fsp3) is 0.889. The predicted octanol–water partition coefficient (Wildman–Crippen LogP) is 3.62. The van der Waals surface area contributed by atoms with Gasteiger partial charge in [0.25, 0.3) is 0 Å². The van der Waals surface area contributed by atoms with Gasteiger partial charge >= 0.3 is 11.9 Å². The number of aliphatic hydroxyl groups is 1. The smallest absolute Gasteiger partial charge is 0.311 e. The minimum Gasteiger partial charge on any atom is -0.469 e. The van der Waals surface area contributed by atoms with Crippen LogP contribution in [-0.2, 0) is 19.1 Å². The van der Waals surface area contributed by atoms with Gasteiger partial charge in [-0.1, -0.05) is 38.5 Å². The van der Waals surface area contributed by atoms with Crippen LogP contribution in [0.5, 0.6) is 0 Å². The molecule has 0 bridgehead atoms. The molecule has 23 heavy (non-hydrogen) atoms. The van der Waals surface area contributed by atoms with Crippen LogP contribution in [0.2, 0.25) is 0 Å². The highest BCUT2D eigenvalue weighted by molar-refractivity contribution is 5.75. The number of hydrogen-bond donors (Lipinski definition) is 1. The van der Waals surface area contributed by atoms with Gasteiger partial charge in [-0.3, -0.25) is 9.59 Å². The number of ether oxygens (including phenoxy) is 2. The second-order valence-corrected chi connectivity index (χ2v) is 7.08. The molecule has 1 N–H and O–H groups in total.